The molecule has 24 heavy (non-hydrogen) atoms. The fourth-order valence-corrected chi connectivity index (χ4v) is 4.00. The van der Waals surface area contributed by atoms with E-state index in [2.05, 4.69) is 6.92 Å². The number of hydrogen-bond acceptors (Lipinski definition) is 4. The van der Waals surface area contributed by atoms with Gasteiger partial charge in [0.05, 0.1) is 29.4 Å². The second-order valence-electron chi connectivity index (χ2n) is 7.59. The highest BCUT2D eigenvalue weighted by molar-refractivity contribution is 5.96. The lowest BCUT2D eigenvalue weighted by molar-refractivity contribution is -0.0149. The molecule has 1 aromatic heterocycles. The molecule has 1 aromatic carbocycles. The quantitative estimate of drug-likeness (QED) is 0.932. The molecule has 2 atom stereocenters. The van der Waals surface area contributed by atoms with Gasteiger partial charge in [-0.1, -0.05) is 0 Å². The number of aromatic carboxylic acids is 1. The van der Waals surface area contributed by atoms with Crippen LogP contribution in [0, 0.1) is 0 Å². The Morgan fingerprint density at radius 2 is 2.21 bits per heavy atom. The van der Waals surface area contributed by atoms with E-state index in [-0.39, 0.29) is 22.8 Å². The Labute approximate surface area is 140 Å². The summed E-state index contributed by atoms with van der Waals surface area (Å²) in [4.78, 5) is 11.6. The third-order valence-corrected chi connectivity index (χ3v) is 5.20. The van der Waals surface area contributed by atoms with Crippen molar-refractivity contribution in [3.05, 3.63) is 23.9 Å². The number of carbonyl (C=O) groups is 1. The summed E-state index contributed by atoms with van der Waals surface area (Å²) in [5, 5.41) is 15.0. The number of rotatable bonds is 4. The second-order valence-corrected chi connectivity index (χ2v) is 7.59. The van der Waals surface area contributed by atoms with Gasteiger partial charge in [-0.05, 0) is 39.7 Å². The minimum atomic E-state index is -0.990. The summed E-state index contributed by atoms with van der Waals surface area (Å²) in [6.45, 7) is 6.58. The summed E-state index contributed by atoms with van der Waals surface area (Å²) >= 11 is 0. The first-order chi connectivity index (χ1) is 11.3. The van der Waals surface area contributed by atoms with Crippen molar-refractivity contribution in [2.75, 3.05) is 6.61 Å². The summed E-state index contributed by atoms with van der Waals surface area (Å²) in [5.41, 5.74) is 0.782. The van der Waals surface area contributed by atoms with Gasteiger partial charge in [0.15, 0.2) is 0 Å². The Morgan fingerprint density at radius 1 is 1.42 bits per heavy atom. The van der Waals surface area contributed by atoms with Gasteiger partial charge in [-0.3, -0.25) is 4.68 Å². The lowest BCUT2D eigenvalue weighted by Crippen LogP contribution is -2.33. The minimum absolute atomic E-state index is 0.0454. The number of benzene rings is 1. The van der Waals surface area contributed by atoms with E-state index in [9.17, 15) is 9.90 Å². The second kappa shape index (κ2) is 4.96. The Kier molecular flexibility index (Phi) is 3.19. The first kappa shape index (κ1) is 15.4. The molecule has 6 heteroatoms. The number of aromatic nitrogens is 2. The van der Waals surface area contributed by atoms with Crippen molar-refractivity contribution in [2.45, 2.75) is 57.3 Å². The lowest BCUT2D eigenvalue weighted by Gasteiger charge is -2.26. The Bertz CT molecular complexity index is 816. The van der Waals surface area contributed by atoms with Crippen LogP contribution in [0.2, 0.25) is 0 Å². The molecule has 1 saturated heterocycles. The van der Waals surface area contributed by atoms with E-state index in [1.54, 1.807) is 12.1 Å². The van der Waals surface area contributed by atoms with Gasteiger partial charge >= 0.3 is 5.97 Å². The zero-order valence-electron chi connectivity index (χ0n) is 14.2. The fraction of sp³-hybridized carbons (Fsp3) is 0.556. The third kappa shape index (κ3) is 2.28. The van der Waals surface area contributed by atoms with Gasteiger partial charge in [0, 0.05) is 24.1 Å². The molecule has 2 aromatic rings. The van der Waals surface area contributed by atoms with Gasteiger partial charge in [-0.25, -0.2) is 4.79 Å². The molecule has 4 rings (SSSR count). The molecule has 0 radical (unpaired) electrons. The summed E-state index contributed by atoms with van der Waals surface area (Å²) in [6, 6.07) is 3.38. The first-order valence-corrected chi connectivity index (χ1v) is 8.38. The van der Waals surface area contributed by atoms with E-state index in [4.69, 9.17) is 14.6 Å². The van der Waals surface area contributed by atoms with Crippen LogP contribution in [0.4, 0.5) is 0 Å². The van der Waals surface area contributed by atoms with Crippen molar-refractivity contribution in [3.8, 4) is 5.75 Å². The highest BCUT2D eigenvalue weighted by Crippen LogP contribution is 2.51. The van der Waals surface area contributed by atoms with Crippen molar-refractivity contribution in [1.29, 1.82) is 0 Å². The lowest BCUT2D eigenvalue weighted by atomic mass is 9.99. The van der Waals surface area contributed by atoms with Crippen LogP contribution >= 0.6 is 0 Å². The molecule has 0 amide bonds. The average molecular weight is 330 g/mol. The zero-order chi connectivity index (χ0) is 17.1. The molecule has 1 N–H and O–H groups in total. The van der Waals surface area contributed by atoms with Crippen LogP contribution < -0.4 is 4.74 Å². The van der Waals surface area contributed by atoms with Crippen LogP contribution in [0.5, 0.6) is 5.75 Å². The van der Waals surface area contributed by atoms with Crippen molar-refractivity contribution in [1.82, 2.24) is 9.78 Å². The van der Waals surface area contributed by atoms with E-state index in [1.807, 2.05) is 24.7 Å². The van der Waals surface area contributed by atoms with Gasteiger partial charge in [-0.15, -0.1) is 0 Å². The van der Waals surface area contributed by atoms with Gasteiger partial charge in [-0.2, -0.15) is 5.10 Å². The van der Waals surface area contributed by atoms with E-state index < -0.39 is 5.97 Å². The Balaban J connectivity index is 1.80. The fourth-order valence-electron chi connectivity index (χ4n) is 4.00. The van der Waals surface area contributed by atoms with Crippen molar-refractivity contribution >= 4 is 16.9 Å². The highest BCUT2D eigenvalue weighted by atomic mass is 16.5. The molecular weight excluding hydrogens is 308 g/mol. The van der Waals surface area contributed by atoms with Crippen LogP contribution in [0.15, 0.2) is 18.3 Å². The molecule has 1 aliphatic heterocycles. The summed E-state index contributed by atoms with van der Waals surface area (Å²) in [6.07, 6.45) is 4.88. The number of fused-ring (bicyclic) bond motifs is 3. The van der Waals surface area contributed by atoms with Gasteiger partial charge in [0.2, 0.25) is 0 Å². The molecule has 2 bridgehead atoms. The standard InChI is InChI=1S/C18H22N2O4/c1-11(2)24-15-7-14-12(6-13(15)16(21)22)8-20(19-14)18-5-4-17(3,9-18)23-10-18/h6-8,11H,4-5,9-10H2,1-3H3,(H,21,22). The van der Waals surface area contributed by atoms with Crippen LogP contribution in [-0.2, 0) is 10.3 Å². The van der Waals surface area contributed by atoms with E-state index in [0.717, 1.165) is 30.2 Å². The maximum absolute atomic E-state index is 11.6. The number of carboxylic acid groups (broad SMARTS) is 1. The molecular formula is C18H22N2O4. The largest absolute Gasteiger partial charge is 0.490 e. The van der Waals surface area contributed by atoms with Crippen LogP contribution in [0.1, 0.15) is 50.4 Å². The van der Waals surface area contributed by atoms with Crippen LogP contribution in [0.25, 0.3) is 10.9 Å². The maximum Gasteiger partial charge on any atom is 0.339 e. The van der Waals surface area contributed by atoms with E-state index in [0.29, 0.717) is 12.4 Å². The average Bonchev–Trinajstić information content (AvgIpc) is 3.15. The summed E-state index contributed by atoms with van der Waals surface area (Å²) in [7, 11) is 0. The molecule has 2 fully saturated rings. The zero-order valence-corrected chi connectivity index (χ0v) is 14.2. The molecule has 2 unspecified atom stereocenters. The minimum Gasteiger partial charge on any atom is -0.490 e. The SMILES string of the molecule is CC(C)Oc1cc2nn(C34CCC(C)(C3)OC4)cc2cc1C(=O)O. The smallest absolute Gasteiger partial charge is 0.339 e. The van der Waals surface area contributed by atoms with Gasteiger partial charge in [0.25, 0.3) is 0 Å². The normalized spacial score (nSPS) is 28.8. The molecule has 0 spiro atoms. The molecule has 2 heterocycles. The van der Waals surface area contributed by atoms with Crippen molar-refractivity contribution in [3.63, 3.8) is 0 Å². The number of carboxylic acids is 1. The van der Waals surface area contributed by atoms with Crippen molar-refractivity contribution in [2.24, 2.45) is 0 Å². The van der Waals surface area contributed by atoms with E-state index in [1.165, 1.54) is 0 Å². The van der Waals surface area contributed by atoms with Crippen LogP contribution in [-0.4, -0.2) is 39.2 Å². The van der Waals surface area contributed by atoms with Gasteiger partial charge < -0.3 is 14.6 Å². The number of nitrogens with zero attached hydrogens (tertiary/aromatic N) is 2. The van der Waals surface area contributed by atoms with Crippen molar-refractivity contribution < 1.29 is 19.4 Å². The maximum atomic E-state index is 11.6. The monoisotopic (exact) mass is 330 g/mol. The molecule has 128 valence electrons. The van der Waals surface area contributed by atoms with E-state index >= 15 is 0 Å². The predicted octanol–water partition coefficient (Wildman–Crippen LogP) is 3.19. The predicted molar refractivity (Wildman–Crippen MR) is 88.6 cm³/mol. The summed E-state index contributed by atoms with van der Waals surface area (Å²) in [5.74, 6) is -0.622. The highest BCUT2D eigenvalue weighted by Gasteiger charge is 2.54. The first-order valence-electron chi connectivity index (χ1n) is 8.38. The topological polar surface area (TPSA) is 73.6 Å². The number of ether oxygens (including phenoxy) is 2. The number of hydrogen-bond donors (Lipinski definition) is 1. The molecule has 1 saturated carbocycles. The molecule has 2 aliphatic rings. The van der Waals surface area contributed by atoms with Gasteiger partial charge in [0.1, 0.15) is 11.3 Å². The molecule has 6 nitrogen and oxygen atoms in total. The summed E-state index contributed by atoms with van der Waals surface area (Å²) < 4.78 is 13.6. The third-order valence-electron chi connectivity index (χ3n) is 5.20. The van der Waals surface area contributed by atoms with Crippen LogP contribution in [0.3, 0.4) is 0 Å². The Morgan fingerprint density at radius 3 is 2.75 bits per heavy atom. The molecule has 1 aliphatic carbocycles. The Hall–Kier alpha value is -2.08.